The number of nitrogens with one attached hydrogen (secondary N) is 1. The van der Waals surface area contributed by atoms with Gasteiger partial charge in [-0.05, 0) is 34.6 Å². The smallest absolute Gasteiger partial charge is 0.263 e. The Morgan fingerprint density at radius 1 is 1.44 bits per heavy atom. The minimum Gasteiger partial charge on any atom is -0.382 e. The summed E-state index contributed by atoms with van der Waals surface area (Å²) in [6, 6.07) is 0. The average Bonchev–Trinajstić information content (AvgIpc) is 2.90. The normalized spacial score (nSPS) is 21.0. The summed E-state index contributed by atoms with van der Waals surface area (Å²) in [6.07, 6.45) is 1.50. The first-order valence-corrected chi connectivity index (χ1v) is 8.51. The van der Waals surface area contributed by atoms with Gasteiger partial charge in [-0.3, -0.25) is 9.78 Å². The molecule has 2 aromatic rings. The van der Waals surface area contributed by atoms with Gasteiger partial charge >= 0.3 is 0 Å². The molecule has 1 saturated heterocycles. The van der Waals surface area contributed by atoms with Gasteiger partial charge in [0.1, 0.15) is 5.39 Å². The molecule has 0 aliphatic carbocycles. The summed E-state index contributed by atoms with van der Waals surface area (Å²) in [5.41, 5.74) is -0.205. The number of methoxy groups -OCH3 is 1. The summed E-state index contributed by atoms with van der Waals surface area (Å²) in [7, 11) is 1.66. The summed E-state index contributed by atoms with van der Waals surface area (Å²) in [6.45, 7) is 11.9. The van der Waals surface area contributed by atoms with Crippen LogP contribution >= 0.6 is 0 Å². The Morgan fingerprint density at radius 2 is 2.16 bits per heavy atom. The lowest BCUT2D eigenvalue weighted by Gasteiger charge is -2.42. The molecule has 0 aromatic carbocycles. The molecule has 1 atom stereocenters. The topological polar surface area (TPSA) is 85.3 Å². The molecule has 8 nitrogen and oxygen atoms in total. The number of fused-ring (bicyclic) bond motifs is 1. The molecule has 1 unspecified atom stereocenters. The van der Waals surface area contributed by atoms with Gasteiger partial charge in [0.05, 0.1) is 30.0 Å². The van der Waals surface area contributed by atoms with Gasteiger partial charge in [-0.1, -0.05) is 0 Å². The molecule has 1 aliphatic heterocycles. The van der Waals surface area contributed by atoms with Crippen molar-refractivity contribution in [1.29, 1.82) is 0 Å². The molecule has 1 aliphatic rings. The zero-order valence-electron chi connectivity index (χ0n) is 15.8. The maximum atomic E-state index is 12.5. The number of ether oxygens (including phenoxy) is 2. The van der Waals surface area contributed by atoms with Crippen molar-refractivity contribution in [1.82, 2.24) is 19.7 Å². The summed E-state index contributed by atoms with van der Waals surface area (Å²) < 4.78 is 13.1. The number of morpholine rings is 1. The molecule has 0 radical (unpaired) electrons. The Balaban J connectivity index is 2.04. The molecule has 3 heterocycles. The third-order valence-corrected chi connectivity index (χ3v) is 4.19. The minimum absolute atomic E-state index is 0.0812. The Labute approximate surface area is 147 Å². The van der Waals surface area contributed by atoms with Gasteiger partial charge in [0.2, 0.25) is 5.95 Å². The SMILES string of the molecule is COCC1CN(c2nc3c(cnn3C(C)(C)C)c(=O)[nH]2)CC(C)(C)O1. The number of hydrogen-bond acceptors (Lipinski definition) is 6. The molecule has 1 fully saturated rings. The van der Waals surface area contributed by atoms with Gasteiger partial charge in [0.15, 0.2) is 5.65 Å². The summed E-state index contributed by atoms with van der Waals surface area (Å²) in [5, 5.41) is 4.86. The second kappa shape index (κ2) is 6.10. The fraction of sp³-hybridized carbons (Fsp3) is 0.706. The van der Waals surface area contributed by atoms with Crippen LogP contribution in [0.3, 0.4) is 0 Å². The number of anilines is 1. The highest BCUT2D eigenvalue weighted by atomic mass is 16.5. The van der Waals surface area contributed by atoms with Gasteiger partial charge in [-0.2, -0.15) is 10.1 Å². The van der Waals surface area contributed by atoms with Crippen molar-refractivity contribution in [2.75, 3.05) is 31.7 Å². The first-order chi connectivity index (χ1) is 11.6. The van der Waals surface area contributed by atoms with Gasteiger partial charge in [0, 0.05) is 20.2 Å². The van der Waals surface area contributed by atoms with E-state index in [-0.39, 0.29) is 22.8 Å². The van der Waals surface area contributed by atoms with Crippen molar-refractivity contribution in [3.8, 4) is 0 Å². The van der Waals surface area contributed by atoms with Gasteiger partial charge in [-0.15, -0.1) is 0 Å². The van der Waals surface area contributed by atoms with Gasteiger partial charge < -0.3 is 14.4 Å². The van der Waals surface area contributed by atoms with E-state index in [1.165, 1.54) is 0 Å². The molecular weight excluding hydrogens is 322 g/mol. The summed E-state index contributed by atoms with van der Waals surface area (Å²) in [5.74, 6) is 0.543. The van der Waals surface area contributed by atoms with E-state index in [1.807, 2.05) is 39.5 Å². The molecule has 1 N–H and O–H groups in total. The lowest BCUT2D eigenvalue weighted by atomic mass is 10.1. The Bertz CT molecular complexity index is 818. The van der Waals surface area contributed by atoms with Crippen molar-refractivity contribution in [3.05, 3.63) is 16.6 Å². The molecule has 0 amide bonds. The Morgan fingerprint density at radius 3 is 2.80 bits per heavy atom. The van der Waals surface area contributed by atoms with Crippen molar-refractivity contribution >= 4 is 17.0 Å². The van der Waals surface area contributed by atoms with E-state index in [0.717, 1.165) is 0 Å². The molecule has 2 aromatic heterocycles. The zero-order chi connectivity index (χ0) is 18.4. The van der Waals surface area contributed by atoms with Crippen LogP contribution in [0, 0.1) is 0 Å². The van der Waals surface area contributed by atoms with E-state index in [4.69, 9.17) is 14.5 Å². The largest absolute Gasteiger partial charge is 0.382 e. The van der Waals surface area contributed by atoms with Gasteiger partial charge in [0.25, 0.3) is 5.56 Å². The number of aromatic amines is 1. The zero-order valence-corrected chi connectivity index (χ0v) is 15.8. The number of aromatic nitrogens is 4. The van der Waals surface area contributed by atoms with Crippen LogP contribution in [0.2, 0.25) is 0 Å². The molecule has 3 rings (SSSR count). The van der Waals surface area contributed by atoms with Crippen molar-refractivity contribution < 1.29 is 9.47 Å². The van der Waals surface area contributed by atoms with Crippen molar-refractivity contribution in [2.24, 2.45) is 0 Å². The number of hydrogen-bond donors (Lipinski definition) is 1. The van der Waals surface area contributed by atoms with E-state index in [9.17, 15) is 4.79 Å². The van der Waals surface area contributed by atoms with Gasteiger partial charge in [-0.25, -0.2) is 4.68 Å². The van der Waals surface area contributed by atoms with Crippen LogP contribution in [0.4, 0.5) is 5.95 Å². The monoisotopic (exact) mass is 349 g/mol. The maximum absolute atomic E-state index is 12.5. The lowest BCUT2D eigenvalue weighted by Crippen LogP contribution is -2.54. The summed E-state index contributed by atoms with van der Waals surface area (Å²) >= 11 is 0. The highest BCUT2D eigenvalue weighted by molar-refractivity contribution is 5.74. The molecule has 138 valence electrons. The summed E-state index contributed by atoms with van der Waals surface area (Å²) in [4.78, 5) is 22.2. The standard InChI is InChI=1S/C17H27N5O3/c1-16(2,3)22-13-12(7-18-22)14(23)20-15(19-13)21-8-11(9-24-6)25-17(4,5)10-21/h7,11H,8-10H2,1-6H3,(H,19,20,23). The number of rotatable bonds is 3. The highest BCUT2D eigenvalue weighted by Gasteiger charge is 2.35. The quantitative estimate of drug-likeness (QED) is 0.904. The third kappa shape index (κ3) is 3.55. The van der Waals surface area contributed by atoms with E-state index in [1.54, 1.807) is 18.0 Å². The third-order valence-electron chi connectivity index (χ3n) is 4.19. The molecule has 0 bridgehead atoms. The minimum atomic E-state index is -0.362. The first-order valence-electron chi connectivity index (χ1n) is 8.51. The van der Waals surface area contributed by atoms with Crippen molar-refractivity contribution in [3.63, 3.8) is 0 Å². The van der Waals surface area contributed by atoms with Crippen LogP contribution in [0.25, 0.3) is 11.0 Å². The predicted molar refractivity (Wildman–Crippen MR) is 96.2 cm³/mol. The van der Waals surface area contributed by atoms with E-state index in [0.29, 0.717) is 36.7 Å². The highest BCUT2D eigenvalue weighted by Crippen LogP contribution is 2.25. The van der Waals surface area contributed by atoms with Crippen LogP contribution in [-0.2, 0) is 15.0 Å². The van der Waals surface area contributed by atoms with Crippen molar-refractivity contribution in [2.45, 2.75) is 51.9 Å². The predicted octanol–water partition coefficient (Wildman–Crippen LogP) is 1.50. The van der Waals surface area contributed by atoms with E-state index in [2.05, 4.69) is 10.1 Å². The second-order valence-corrected chi connectivity index (χ2v) is 8.19. The van der Waals surface area contributed by atoms with Crippen LogP contribution in [-0.4, -0.2) is 58.3 Å². The number of H-pyrrole nitrogens is 1. The van der Waals surface area contributed by atoms with Crippen LogP contribution < -0.4 is 10.5 Å². The van der Waals surface area contributed by atoms with Crippen LogP contribution in [0.1, 0.15) is 34.6 Å². The Hall–Kier alpha value is -1.93. The first kappa shape index (κ1) is 17.9. The van der Waals surface area contributed by atoms with E-state index >= 15 is 0 Å². The van der Waals surface area contributed by atoms with Crippen LogP contribution in [0.5, 0.6) is 0 Å². The Kier molecular flexibility index (Phi) is 4.36. The average molecular weight is 349 g/mol. The molecular formula is C17H27N5O3. The fourth-order valence-electron chi connectivity index (χ4n) is 3.28. The van der Waals surface area contributed by atoms with Crippen LogP contribution in [0.15, 0.2) is 11.0 Å². The maximum Gasteiger partial charge on any atom is 0.263 e. The molecule has 25 heavy (non-hydrogen) atoms. The lowest BCUT2D eigenvalue weighted by molar-refractivity contribution is -0.106. The second-order valence-electron chi connectivity index (χ2n) is 8.19. The number of nitrogens with zero attached hydrogens (tertiary/aromatic N) is 4. The van der Waals surface area contributed by atoms with E-state index < -0.39 is 0 Å². The molecule has 8 heteroatoms. The fourth-order valence-corrected chi connectivity index (χ4v) is 3.28. The molecule has 0 spiro atoms. The molecule has 0 saturated carbocycles.